The molecule has 6 nitrogen and oxygen atoms in total. The average molecular weight is 519 g/mol. The van der Waals surface area contributed by atoms with Crippen molar-refractivity contribution in [3.8, 4) is 0 Å². The number of amides is 2. The molecule has 8 heteroatoms. The van der Waals surface area contributed by atoms with Crippen LogP contribution in [0.1, 0.15) is 35.5 Å². The van der Waals surface area contributed by atoms with Crippen molar-refractivity contribution in [2.75, 3.05) is 5.75 Å². The maximum Gasteiger partial charge on any atom is 0.356 e. The molecule has 1 N–H and O–H groups in total. The molecule has 0 saturated carbocycles. The first-order chi connectivity index (χ1) is 17.6. The maximum absolute atomic E-state index is 13.6. The Morgan fingerprint density at radius 2 is 1.69 bits per heavy atom. The number of thioether (sulfide) groups is 1. The van der Waals surface area contributed by atoms with Crippen molar-refractivity contribution >= 4 is 40.9 Å². The van der Waals surface area contributed by atoms with Gasteiger partial charge in [-0.2, -0.15) is 0 Å². The summed E-state index contributed by atoms with van der Waals surface area (Å²) >= 11 is 3.07. The van der Waals surface area contributed by atoms with Gasteiger partial charge in [-0.25, -0.2) is 4.79 Å². The normalized spacial score (nSPS) is 19.1. The Labute approximate surface area is 218 Å². The second-order valence-electron chi connectivity index (χ2n) is 8.62. The molecule has 3 heterocycles. The number of esters is 1. The Bertz CT molecular complexity index is 1240. The van der Waals surface area contributed by atoms with Crippen LogP contribution in [0.2, 0.25) is 0 Å². The number of carbonyl (C=O) groups is 3. The fourth-order valence-corrected chi connectivity index (χ4v) is 6.64. The largest absolute Gasteiger partial charge is 0.448 e. The lowest BCUT2D eigenvalue weighted by atomic mass is 10.00. The predicted octanol–water partition coefficient (Wildman–Crippen LogP) is 4.69. The first kappa shape index (κ1) is 24.3. The first-order valence-electron chi connectivity index (χ1n) is 11.9. The highest BCUT2D eigenvalue weighted by Crippen LogP contribution is 2.42. The van der Waals surface area contributed by atoms with Gasteiger partial charge in [0.1, 0.15) is 17.1 Å². The van der Waals surface area contributed by atoms with Crippen LogP contribution < -0.4 is 5.32 Å². The van der Waals surface area contributed by atoms with Crippen molar-refractivity contribution in [3.63, 3.8) is 0 Å². The lowest BCUT2D eigenvalue weighted by molar-refractivity contribution is -0.154. The minimum Gasteiger partial charge on any atom is -0.448 e. The molecule has 2 atom stereocenters. The molecular weight excluding hydrogens is 492 g/mol. The summed E-state index contributed by atoms with van der Waals surface area (Å²) < 4.78 is 6.10. The van der Waals surface area contributed by atoms with Gasteiger partial charge in [-0.15, -0.1) is 23.1 Å². The number of thiophene rings is 1. The zero-order valence-electron chi connectivity index (χ0n) is 19.8. The van der Waals surface area contributed by atoms with Gasteiger partial charge in [-0.05, 0) is 34.6 Å². The molecule has 1 saturated heterocycles. The Morgan fingerprint density at radius 3 is 2.28 bits per heavy atom. The number of nitrogens with one attached hydrogen (secondary N) is 1. The van der Waals surface area contributed by atoms with Crippen molar-refractivity contribution in [1.82, 2.24) is 10.2 Å². The standard InChI is InChI=1S/C28H26N2O4S2/c1-2-18-17-36-27-23(29-22(31)16-21-14-9-15-35-21)26(32)30(27)24(18)28(33)34-25(19-10-5-3-6-11-19)20-12-7-4-8-13-20/h3-15,23,25,27H,2,16-17H2,1H3,(H,29,31)/t23-,27-/m1/s1. The van der Waals surface area contributed by atoms with Crippen molar-refractivity contribution in [3.05, 3.63) is 105 Å². The van der Waals surface area contributed by atoms with Crippen LogP contribution in [0.15, 0.2) is 89.4 Å². The molecule has 1 aromatic heterocycles. The monoisotopic (exact) mass is 518 g/mol. The lowest BCUT2D eigenvalue weighted by Gasteiger charge is -2.49. The van der Waals surface area contributed by atoms with Crippen LogP contribution >= 0.6 is 23.1 Å². The summed E-state index contributed by atoms with van der Waals surface area (Å²) in [7, 11) is 0. The van der Waals surface area contributed by atoms with Gasteiger partial charge in [0.25, 0.3) is 5.91 Å². The van der Waals surface area contributed by atoms with Crippen LogP contribution in [-0.2, 0) is 25.5 Å². The van der Waals surface area contributed by atoms with Crippen LogP contribution in [-0.4, -0.2) is 39.9 Å². The molecule has 2 aliphatic rings. The number of ether oxygens (including phenoxy) is 1. The summed E-state index contributed by atoms with van der Waals surface area (Å²) in [4.78, 5) is 41.8. The summed E-state index contributed by atoms with van der Waals surface area (Å²) in [5, 5.41) is 4.46. The zero-order chi connectivity index (χ0) is 25.1. The van der Waals surface area contributed by atoms with Gasteiger partial charge in [-0.1, -0.05) is 73.7 Å². The maximum atomic E-state index is 13.6. The molecule has 0 spiro atoms. The number of β-lactam (4-membered cyclic amide) rings is 1. The number of fused-ring (bicyclic) bond motifs is 1. The van der Waals surface area contributed by atoms with E-state index in [1.165, 1.54) is 16.2 Å². The van der Waals surface area contributed by atoms with Gasteiger partial charge in [0.2, 0.25) is 5.91 Å². The molecular formula is C28H26N2O4S2. The van der Waals surface area contributed by atoms with E-state index in [9.17, 15) is 14.4 Å². The van der Waals surface area contributed by atoms with Crippen LogP contribution in [0.25, 0.3) is 0 Å². The third-order valence-corrected chi connectivity index (χ3v) is 8.54. The minimum absolute atomic E-state index is 0.196. The number of nitrogens with zero attached hydrogens (tertiary/aromatic N) is 1. The van der Waals surface area contributed by atoms with E-state index in [0.29, 0.717) is 17.9 Å². The molecule has 0 unspecified atom stereocenters. The van der Waals surface area contributed by atoms with Crippen molar-refractivity contribution in [2.45, 2.75) is 37.3 Å². The average Bonchev–Trinajstić information content (AvgIpc) is 3.43. The van der Waals surface area contributed by atoms with Crippen LogP contribution in [0.5, 0.6) is 0 Å². The van der Waals surface area contributed by atoms with Gasteiger partial charge in [0.15, 0.2) is 6.10 Å². The van der Waals surface area contributed by atoms with Crippen molar-refractivity contribution < 1.29 is 19.1 Å². The van der Waals surface area contributed by atoms with Gasteiger partial charge in [0, 0.05) is 10.6 Å². The van der Waals surface area contributed by atoms with Crippen LogP contribution in [0, 0.1) is 0 Å². The third kappa shape index (κ3) is 4.83. The molecule has 184 valence electrons. The molecule has 2 aliphatic heterocycles. The van der Waals surface area contributed by atoms with E-state index in [4.69, 9.17) is 4.74 Å². The van der Waals surface area contributed by atoms with Crippen LogP contribution in [0.3, 0.4) is 0 Å². The smallest absolute Gasteiger partial charge is 0.356 e. The fraction of sp³-hybridized carbons (Fsp3) is 0.250. The molecule has 36 heavy (non-hydrogen) atoms. The number of benzene rings is 2. The second-order valence-corrected chi connectivity index (χ2v) is 10.8. The van der Waals surface area contributed by atoms with E-state index in [0.717, 1.165) is 21.6 Å². The van der Waals surface area contributed by atoms with Crippen molar-refractivity contribution in [1.29, 1.82) is 0 Å². The van der Waals surface area contributed by atoms with Gasteiger partial charge >= 0.3 is 5.97 Å². The van der Waals surface area contributed by atoms with E-state index >= 15 is 0 Å². The second kappa shape index (κ2) is 10.7. The van der Waals surface area contributed by atoms with Crippen LogP contribution in [0.4, 0.5) is 0 Å². The van der Waals surface area contributed by atoms with E-state index in [-0.39, 0.29) is 23.6 Å². The summed E-state index contributed by atoms with van der Waals surface area (Å²) in [6, 6.07) is 22.3. The van der Waals surface area contributed by atoms with E-state index in [1.54, 1.807) is 11.8 Å². The minimum atomic E-state index is -0.650. The highest BCUT2D eigenvalue weighted by Gasteiger charge is 2.54. The molecule has 0 bridgehead atoms. The number of hydrogen-bond donors (Lipinski definition) is 1. The zero-order valence-corrected chi connectivity index (χ0v) is 21.4. The van der Waals surface area contributed by atoms with Gasteiger partial charge < -0.3 is 10.1 Å². The van der Waals surface area contributed by atoms with Gasteiger partial charge in [0.05, 0.1) is 6.42 Å². The summed E-state index contributed by atoms with van der Waals surface area (Å²) in [5.41, 5.74) is 2.89. The number of carbonyl (C=O) groups excluding carboxylic acids is 3. The molecule has 2 amide bonds. The van der Waals surface area contributed by atoms with Gasteiger partial charge in [-0.3, -0.25) is 14.5 Å². The van der Waals surface area contributed by atoms with E-state index < -0.39 is 18.1 Å². The Kier molecular flexibility index (Phi) is 7.25. The Balaban J connectivity index is 1.36. The SMILES string of the molecule is CCC1=C(C(=O)OC(c2ccccc2)c2ccccc2)N2C(=O)[C@@H](NC(=O)Cc3cccs3)[C@H]2SC1. The Morgan fingerprint density at radius 1 is 1.03 bits per heavy atom. The molecule has 0 radical (unpaired) electrons. The first-order valence-corrected chi connectivity index (χ1v) is 13.8. The summed E-state index contributed by atoms with van der Waals surface area (Å²) in [6.45, 7) is 1.97. The van der Waals surface area contributed by atoms with E-state index in [1.807, 2.05) is 85.1 Å². The molecule has 2 aromatic carbocycles. The summed E-state index contributed by atoms with van der Waals surface area (Å²) in [5.74, 6) is -0.389. The van der Waals surface area contributed by atoms with E-state index in [2.05, 4.69) is 5.32 Å². The fourth-order valence-electron chi connectivity index (χ4n) is 4.49. The molecule has 0 aliphatic carbocycles. The number of hydrogen-bond acceptors (Lipinski definition) is 6. The highest BCUT2D eigenvalue weighted by molar-refractivity contribution is 8.00. The topological polar surface area (TPSA) is 75.7 Å². The lowest BCUT2D eigenvalue weighted by Crippen LogP contribution is -2.70. The Hall–Kier alpha value is -3.36. The molecule has 3 aromatic rings. The summed E-state index contributed by atoms with van der Waals surface area (Å²) in [6.07, 6.45) is 0.265. The molecule has 1 fully saturated rings. The van der Waals surface area contributed by atoms with Crippen molar-refractivity contribution in [2.24, 2.45) is 0 Å². The third-order valence-electron chi connectivity index (χ3n) is 6.33. The number of rotatable bonds is 8. The predicted molar refractivity (Wildman–Crippen MR) is 141 cm³/mol. The molecule has 5 rings (SSSR count). The highest BCUT2D eigenvalue weighted by atomic mass is 32.2. The quantitative estimate of drug-likeness (QED) is 0.346.